The molecule has 2 atom stereocenters. The third-order valence-corrected chi connectivity index (χ3v) is 3.36. The molecule has 0 bridgehead atoms. The molecule has 3 nitrogen and oxygen atoms in total. The van der Waals surface area contributed by atoms with Gasteiger partial charge < -0.3 is 15.2 Å². The Morgan fingerprint density at radius 3 is 2.69 bits per heavy atom. The van der Waals surface area contributed by atoms with E-state index in [2.05, 4.69) is 5.32 Å². The summed E-state index contributed by atoms with van der Waals surface area (Å²) in [6.45, 7) is 2.73. The molecule has 2 unspecified atom stereocenters. The van der Waals surface area contributed by atoms with Crippen LogP contribution in [0.1, 0.15) is 5.56 Å². The smallest absolute Gasteiger partial charge is 0.0996 e. The summed E-state index contributed by atoms with van der Waals surface area (Å²) >= 11 is 12.1. The van der Waals surface area contributed by atoms with Gasteiger partial charge in [0.25, 0.3) is 0 Å². The van der Waals surface area contributed by atoms with Crippen LogP contribution in [0.5, 0.6) is 0 Å². The molecule has 0 saturated carbocycles. The molecule has 5 heteroatoms. The van der Waals surface area contributed by atoms with Crippen LogP contribution >= 0.6 is 23.2 Å². The van der Waals surface area contributed by atoms with Gasteiger partial charge in [0.1, 0.15) is 0 Å². The minimum Gasteiger partial charge on any atom is -0.388 e. The van der Waals surface area contributed by atoms with E-state index < -0.39 is 6.10 Å². The first kappa shape index (κ1) is 12.0. The van der Waals surface area contributed by atoms with Crippen LogP contribution in [0.3, 0.4) is 0 Å². The molecular formula is C11H13Cl2NO2. The van der Waals surface area contributed by atoms with Gasteiger partial charge >= 0.3 is 0 Å². The van der Waals surface area contributed by atoms with Crippen molar-refractivity contribution in [1.29, 1.82) is 0 Å². The summed E-state index contributed by atoms with van der Waals surface area (Å²) in [5.41, 5.74) is 1.66. The second-order valence-electron chi connectivity index (χ2n) is 3.94. The highest BCUT2D eigenvalue weighted by atomic mass is 35.5. The second-order valence-corrected chi connectivity index (χ2v) is 4.75. The molecule has 1 aliphatic rings. The number of rotatable bonds is 2. The first-order valence-electron chi connectivity index (χ1n) is 5.06. The van der Waals surface area contributed by atoms with Crippen molar-refractivity contribution >= 4 is 28.9 Å². The Bertz CT molecular complexity index is 398. The monoisotopic (exact) mass is 261 g/mol. The van der Waals surface area contributed by atoms with E-state index in [0.717, 1.165) is 11.3 Å². The highest BCUT2D eigenvalue weighted by Gasteiger charge is 2.26. The Morgan fingerprint density at radius 1 is 1.31 bits per heavy atom. The summed E-state index contributed by atoms with van der Waals surface area (Å²) in [6, 6.07) is 3.44. The van der Waals surface area contributed by atoms with Gasteiger partial charge in [-0.3, -0.25) is 0 Å². The van der Waals surface area contributed by atoms with Crippen molar-refractivity contribution in [3.63, 3.8) is 0 Å². The fraction of sp³-hybridized carbons (Fsp3) is 0.455. The minimum atomic E-state index is -0.504. The first-order valence-corrected chi connectivity index (χ1v) is 5.81. The molecule has 0 aromatic heterocycles. The predicted octanol–water partition coefficient (Wildman–Crippen LogP) is 2.47. The van der Waals surface area contributed by atoms with Crippen molar-refractivity contribution in [3.05, 3.63) is 27.7 Å². The Labute approximate surface area is 104 Å². The number of hydrogen-bond acceptors (Lipinski definition) is 3. The molecule has 16 heavy (non-hydrogen) atoms. The Balaban J connectivity index is 2.18. The zero-order chi connectivity index (χ0) is 11.7. The van der Waals surface area contributed by atoms with Crippen molar-refractivity contribution in [3.8, 4) is 0 Å². The number of aliphatic hydroxyl groups is 1. The SMILES string of the molecule is Cc1cc(Cl)c(NC2COCC2O)cc1Cl. The number of aryl methyl sites for hydroxylation is 1. The average molecular weight is 262 g/mol. The number of halogens is 2. The van der Waals surface area contributed by atoms with E-state index >= 15 is 0 Å². The average Bonchev–Trinajstić information content (AvgIpc) is 2.61. The normalized spacial score (nSPS) is 24.8. The van der Waals surface area contributed by atoms with E-state index in [1.54, 1.807) is 12.1 Å². The summed E-state index contributed by atoms with van der Waals surface area (Å²) in [5, 5.41) is 14.0. The molecule has 1 aromatic carbocycles. The number of ether oxygens (including phenoxy) is 1. The van der Waals surface area contributed by atoms with Crippen LogP contribution in [0.15, 0.2) is 12.1 Å². The Kier molecular flexibility index (Phi) is 3.60. The van der Waals surface area contributed by atoms with E-state index in [1.165, 1.54) is 0 Å². The molecule has 88 valence electrons. The van der Waals surface area contributed by atoms with Gasteiger partial charge in [0.15, 0.2) is 0 Å². The van der Waals surface area contributed by atoms with E-state index in [9.17, 15) is 5.11 Å². The molecule has 0 amide bonds. The second kappa shape index (κ2) is 4.80. The quantitative estimate of drug-likeness (QED) is 0.860. The molecule has 2 N–H and O–H groups in total. The van der Waals surface area contributed by atoms with E-state index in [1.807, 2.05) is 6.92 Å². The van der Waals surface area contributed by atoms with Gasteiger partial charge in [-0.15, -0.1) is 0 Å². The maximum Gasteiger partial charge on any atom is 0.0996 e. The molecule has 0 radical (unpaired) electrons. The molecule has 1 heterocycles. The van der Waals surface area contributed by atoms with Crippen molar-refractivity contribution < 1.29 is 9.84 Å². The molecule has 1 aromatic rings. The van der Waals surface area contributed by atoms with E-state index in [0.29, 0.717) is 23.3 Å². The van der Waals surface area contributed by atoms with Gasteiger partial charge in [-0.1, -0.05) is 23.2 Å². The van der Waals surface area contributed by atoms with Gasteiger partial charge in [0.05, 0.1) is 36.1 Å². The van der Waals surface area contributed by atoms with Gasteiger partial charge in [-0.25, -0.2) is 0 Å². The van der Waals surface area contributed by atoms with Crippen molar-refractivity contribution in [2.75, 3.05) is 18.5 Å². The van der Waals surface area contributed by atoms with E-state index in [4.69, 9.17) is 27.9 Å². The highest BCUT2D eigenvalue weighted by molar-refractivity contribution is 6.35. The fourth-order valence-electron chi connectivity index (χ4n) is 1.64. The summed E-state index contributed by atoms with van der Waals surface area (Å²) < 4.78 is 5.15. The lowest BCUT2D eigenvalue weighted by Crippen LogP contribution is -2.31. The van der Waals surface area contributed by atoms with Crippen LogP contribution in [-0.4, -0.2) is 30.5 Å². The number of benzene rings is 1. The summed E-state index contributed by atoms with van der Waals surface area (Å²) in [6.07, 6.45) is -0.504. The first-order chi connectivity index (χ1) is 7.58. The lowest BCUT2D eigenvalue weighted by Gasteiger charge is -2.17. The zero-order valence-corrected chi connectivity index (χ0v) is 10.3. The van der Waals surface area contributed by atoms with Gasteiger partial charge in [0, 0.05) is 5.02 Å². The van der Waals surface area contributed by atoms with Crippen LogP contribution in [-0.2, 0) is 4.74 Å². The van der Waals surface area contributed by atoms with Crippen LogP contribution in [0, 0.1) is 6.92 Å². The van der Waals surface area contributed by atoms with Gasteiger partial charge in [-0.05, 0) is 24.6 Å². The van der Waals surface area contributed by atoms with Crippen LogP contribution in [0.2, 0.25) is 10.0 Å². The lowest BCUT2D eigenvalue weighted by atomic mass is 10.1. The fourth-order valence-corrected chi connectivity index (χ4v) is 2.07. The largest absolute Gasteiger partial charge is 0.388 e. The molecule has 1 aliphatic heterocycles. The van der Waals surface area contributed by atoms with Crippen molar-refractivity contribution in [2.24, 2.45) is 0 Å². The summed E-state index contributed by atoms with van der Waals surface area (Å²) in [5.74, 6) is 0. The van der Waals surface area contributed by atoms with Crippen LogP contribution in [0.25, 0.3) is 0 Å². The summed E-state index contributed by atoms with van der Waals surface area (Å²) in [4.78, 5) is 0. The van der Waals surface area contributed by atoms with Gasteiger partial charge in [0.2, 0.25) is 0 Å². The standard InChI is InChI=1S/C11H13Cl2NO2/c1-6-2-8(13)9(3-7(6)12)14-10-4-16-5-11(10)15/h2-3,10-11,14-15H,4-5H2,1H3. The zero-order valence-electron chi connectivity index (χ0n) is 8.84. The van der Waals surface area contributed by atoms with Crippen molar-refractivity contribution in [2.45, 2.75) is 19.1 Å². The molecule has 1 saturated heterocycles. The molecule has 1 fully saturated rings. The van der Waals surface area contributed by atoms with Crippen molar-refractivity contribution in [1.82, 2.24) is 0 Å². The Hall–Kier alpha value is -0.480. The molecular weight excluding hydrogens is 249 g/mol. The Morgan fingerprint density at radius 2 is 2.06 bits per heavy atom. The van der Waals surface area contributed by atoms with Gasteiger partial charge in [-0.2, -0.15) is 0 Å². The topological polar surface area (TPSA) is 41.5 Å². The number of aliphatic hydroxyl groups excluding tert-OH is 1. The van der Waals surface area contributed by atoms with Crippen LogP contribution in [0.4, 0.5) is 5.69 Å². The highest BCUT2D eigenvalue weighted by Crippen LogP contribution is 2.30. The molecule has 2 rings (SSSR count). The van der Waals surface area contributed by atoms with Crippen LogP contribution < -0.4 is 5.32 Å². The third kappa shape index (κ3) is 2.43. The number of nitrogens with one attached hydrogen (secondary N) is 1. The predicted molar refractivity (Wildman–Crippen MR) is 65.4 cm³/mol. The molecule has 0 aliphatic carbocycles. The lowest BCUT2D eigenvalue weighted by molar-refractivity contribution is 0.125. The molecule has 0 spiro atoms. The number of anilines is 1. The maximum atomic E-state index is 9.60. The summed E-state index contributed by atoms with van der Waals surface area (Å²) in [7, 11) is 0. The minimum absolute atomic E-state index is 0.128. The van der Waals surface area contributed by atoms with E-state index in [-0.39, 0.29) is 6.04 Å². The maximum absolute atomic E-state index is 9.60. The number of hydrogen-bond donors (Lipinski definition) is 2. The third-order valence-electron chi connectivity index (χ3n) is 2.64.